The van der Waals surface area contributed by atoms with E-state index in [-0.39, 0.29) is 23.8 Å². The number of benzene rings is 1. The molecule has 2 rings (SSSR count). The first-order valence-electron chi connectivity index (χ1n) is 6.66. The van der Waals surface area contributed by atoms with Crippen LogP contribution >= 0.6 is 0 Å². The second-order valence-electron chi connectivity index (χ2n) is 4.76. The Bertz CT molecular complexity index is 452. The van der Waals surface area contributed by atoms with Crippen LogP contribution in [0.4, 0.5) is 4.39 Å². The van der Waals surface area contributed by atoms with Crippen LogP contribution in [0.25, 0.3) is 0 Å². The van der Waals surface area contributed by atoms with Crippen LogP contribution in [-0.4, -0.2) is 36.5 Å². The van der Waals surface area contributed by atoms with Gasteiger partial charge in [0.1, 0.15) is 5.82 Å². The molecule has 1 saturated heterocycles. The zero-order chi connectivity index (χ0) is 13.8. The van der Waals surface area contributed by atoms with E-state index in [0.717, 1.165) is 18.5 Å². The van der Waals surface area contributed by atoms with Gasteiger partial charge in [-0.15, -0.1) is 0 Å². The van der Waals surface area contributed by atoms with Crippen molar-refractivity contribution in [1.82, 2.24) is 10.2 Å². The fourth-order valence-electron chi connectivity index (χ4n) is 2.70. The van der Waals surface area contributed by atoms with Crippen molar-refractivity contribution >= 4 is 5.91 Å². The molecule has 1 amide bonds. The van der Waals surface area contributed by atoms with Crippen molar-refractivity contribution in [2.45, 2.75) is 25.4 Å². The number of halogens is 1. The van der Waals surface area contributed by atoms with Crippen LogP contribution in [0.1, 0.15) is 24.9 Å². The Hall–Kier alpha value is -1.46. The number of rotatable bonds is 4. The maximum absolute atomic E-state index is 13.3. The van der Waals surface area contributed by atoms with Gasteiger partial charge in [-0.2, -0.15) is 0 Å². The molecule has 1 fully saturated rings. The van der Waals surface area contributed by atoms with Crippen molar-refractivity contribution in [1.29, 1.82) is 0 Å². The number of hydrogen-bond acceptors (Lipinski definition) is 3. The minimum Gasteiger partial charge on any atom is -0.353 e. The third-order valence-electron chi connectivity index (χ3n) is 3.62. The second-order valence-corrected chi connectivity index (χ2v) is 4.76. The Morgan fingerprint density at radius 2 is 2.37 bits per heavy atom. The lowest BCUT2D eigenvalue weighted by Gasteiger charge is -2.40. The molecule has 5 heteroatoms. The van der Waals surface area contributed by atoms with Crippen molar-refractivity contribution in [3.8, 4) is 0 Å². The zero-order valence-corrected chi connectivity index (χ0v) is 11.1. The number of carbonyl (C=O) groups excluding carboxylic acids is 1. The van der Waals surface area contributed by atoms with Gasteiger partial charge >= 0.3 is 0 Å². The lowest BCUT2D eigenvalue weighted by Crippen LogP contribution is -2.56. The molecule has 19 heavy (non-hydrogen) atoms. The first kappa shape index (κ1) is 14.0. The van der Waals surface area contributed by atoms with E-state index < -0.39 is 0 Å². The number of carbonyl (C=O) groups is 1. The van der Waals surface area contributed by atoms with Gasteiger partial charge in [0.05, 0.1) is 6.04 Å². The number of piperazine rings is 1. The Morgan fingerprint density at radius 3 is 3.00 bits per heavy atom. The summed E-state index contributed by atoms with van der Waals surface area (Å²) < 4.78 is 13.3. The van der Waals surface area contributed by atoms with E-state index in [0.29, 0.717) is 13.1 Å². The molecule has 4 nitrogen and oxygen atoms in total. The average molecular weight is 265 g/mol. The van der Waals surface area contributed by atoms with E-state index >= 15 is 0 Å². The molecule has 0 spiro atoms. The number of amides is 1. The third kappa shape index (κ3) is 2.93. The minimum atomic E-state index is -0.273. The summed E-state index contributed by atoms with van der Waals surface area (Å²) in [6.07, 6.45) is 0.720. The molecule has 0 aromatic heterocycles. The zero-order valence-electron chi connectivity index (χ0n) is 11.1. The molecule has 0 radical (unpaired) electrons. The summed E-state index contributed by atoms with van der Waals surface area (Å²) in [5.74, 6) is -0.242. The molecular weight excluding hydrogens is 245 g/mol. The Labute approximate surface area is 112 Å². The molecular formula is C14H20FN3O. The standard InChI is InChI=1S/C14H20FN3O/c1-2-12-14(19)17-6-7-18(12)13(9-16)10-4-3-5-11(15)8-10/h3-5,8,12-13H,2,6-7,9,16H2,1H3,(H,17,19). The van der Waals surface area contributed by atoms with E-state index in [1.165, 1.54) is 12.1 Å². The molecule has 0 saturated carbocycles. The van der Waals surface area contributed by atoms with E-state index in [1.807, 2.05) is 13.0 Å². The fraction of sp³-hybridized carbons (Fsp3) is 0.500. The van der Waals surface area contributed by atoms with E-state index in [2.05, 4.69) is 10.2 Å². The van der Waals surface area contributed by atoms with Gasteiger partial charge in [-0.3, -0.25) is 9.69 Å². The number of nitrogens with zero attached hydrogens (tertiary/aromatic N) is 1. The largest absolute Gasteiger partial charge is 0.353 e. The molecule has 0 bridgehead atoms. The van der Waals surface area contributed by atoms with Crippen LogP contribution in [0, 0.1) is 5.82 Å². The Morgan fingerprint density at radius 1 is 1.58 bits per heavy atom. The number of nitrogens with two attached hydrogens (primary N) is 1. The maximum Gasteiger partial charge on any atom is 0.237 e. The third-order valence-corrected chi connectivity index (χ3v) is 3.62. The van der Waals surface area contributed by atoms with Crippen LogP contribution in [0.15, 0.2) is 24.3 Å². The van der Waals surface area contributed by atoms with Gasteiger partial charge in [0.2, 0.25) is 5.91 Å². The average Bonchev–Trinajstić information content (AvgIpc) is 2.40. The van der Waals surface area contributed by atoms with Crippen LogP contribution < -0.4 is 11.1 Å². The molecule has 1 aliphatic rings. The summed E-state index contributed by atoms with van der Waals surface area (Å²) >= 11 is 0. The summed E-state index contributed by atoms with van der Waals surface area (Å²) in [6, 6.07) is 6.14. The van der Waals surface area contributed by atoms with E-state index in [1.54, 1.807) is 6.07 Å². The molecule has 0 aliphatic carbocycles. The van der Waals surface area contributed by atoms with Crippen molar-refractivity contribution in [2.75, 3.05) is 19.6 Å². The van der Waals surface area contributed by atoms with Crippen molar-refractivity contribution in [3.05, 3.63) is 35.6 Å². The first-order chi connectivity index (χ1) is 9.17. The second kappa shape index (κ2) is 6.12. The van der Waals surface area contributed by atoms with E-state index in [4.69, 9.17) is 5.73 Å². The molecule has 2 unspecified atom stereocenters. The Balaban J connectivity index is 2.27. The van der Waals surface area contributed by atoms with Crippen LogP contribution in [0.2, 0.25) is 0 Å². The number of hydrogen-bond donors (Lipinski definition) is 2. The predicted molar refractivity (Wildman–Crippen MR) is 72.0 cm³/mol. The van der Waals surface area contributed by atoms with Gasteiger partial charge in [-0.05, 0) is 24.1 Å². The molecule has 3 N–H and O–H groups in total. The summed E-state index contributed by atoms with van der Waals surface area (Å²) in [5.41, 5.74) is 6.68. The van der Waals surface area contributed by atoms with Gasteiger partial charge in [0.15, 0.2) is 0 Å². The van der Waals surface area contributed by atoms with E-state index in [9.17, 15) is 9.18 Å². The van der Waals surface area contributed by atoms with Crippen LogP contribution in [-0.2, 0) is 4.79 Å². The topological polar surface area (TPSA) is 58.4 Å². The van der Waals surface area contributed by atoms with Crippen molar-refractivity contribution < 1.29 is 9.18 Å². The summed E-state index contributed by atoms with van der Waals surface area (Å²) in [6.45, 7) is 3.69. The Kier molecular flexibility index (Phi) is 4.50. The van der Waals surface area contributed by atoms with Gasteiger partial charge in [-0.1, -0.05) is 19.1 Å². The summed E-state index contributed by atoms with van der Waals surface area (Å²) in [7, 11) is 0. The smallest absolute Gasteiger partial charge is 0.237 e. The lowest BCUT2D eigenvalue weighted by atomic mass is 10.00. The predicted octanol–water partition coefficient (Wildman–Crippen LogP) is 1.04. The minimum absolute atomic E-state index is 0.0311. The first-order valence-corrected chi connectivity index (χ1v) is 6.66. The van der Waals surface area contributed by atoms with Crippen molar-refractivity contribution in [3.63, 3.8) is 0 Å². The lowest BCUT2D eigenvalue weighted by molar-refractivity contribution is -0.130. The van der Waals surface area contributed by atoms with Gasteiger partial charge in [-0.25, -0.2) is 4.39 Å². The highest BCUT2D eigenvalue weighted by Crippen LogP contribution is 2.25. The molecule has 1 aliphatic heterocycles. The summed E-state index contributed by atoms with van der Waals surface area (Å²) in [5, 5.41) is 2.86. The molecule has 1 heterocycles. The quantitative estimate of drug-likeness (QED) is 0.855. The highest BCUT2D eigenvalue weighted by atomic mass is 19.1. The number of nitrogens with one attached hydrogen (secondary N) is 1. The maximum atomic E-state index is 13.3. The SMILES string of the molecule is CCC1C(=O)NCCN1C(CN)c1cccc(F)c1. The molecule has 1 aromatic carbocycles. The monoisotopic (exact) mass is 265 g/mol. The fourth-order valence-corrected chi connectivity index (χ4v) is 2.70. The van der Waals surface area contributed by atoms with Gasteiger partial charge in [0, 0.05) is 25.7 Å². The van der Waals surface area contributed by atoms with Gasteiger partial charge < -0.3 is 11.1 Å². The highest BCUT2D eigenvalue weighted by Gasteiger charge is 2.33. The normalized spacial score (nSPS) is 22.1. The molecule has 1 aromatic rings. The van der Waals surface area contributed by atoms with Crippen LogP contribution in [0.3, 0.4) is 0 Å². The summed E-state index contributed by atoms with van der Waals surface area (Å²) in [4.78, 5) is 14.0. The van der Waals surface area contributed by atoms with Crippen LogP contribution in [0.5, 0.6) is 0 Å². The highest BCUT2D eigenvalue weighted by molar-refractivity contribution is 5.82. The van der Waals surface area contributed by atoms with Crippen molar-refractivity contribution in [2.24, 2.45) is 5.73 Å². The molecule has 2 atom stereocenters. The molecule has 104 valence electrons. The van der Waals surface area contributed by atoms with Gasteiger partial charge in [0.25, 0.3) is 0 Å².